The molecule has 0 spiro atoms. The lowest BCUT2D eigenvalue weighted by molar-refractivity contribution is -0.126. The van der Waals surface area contributed by atoms with Crippen molar-refractivity contribution >= 4 is 32.6 Å². The van der Waals surface area contributed by atoms with Crippen LogP contribution in [0.25, 0.3) is 10.8 Å². The van der Waals surface area contributed by atoms with E-state index < -0.39 is 21.8 Å². The van der Waals surface area contributed by atoms with Gasteiger partial charge in [0.1, 0.15) is 0 Å². The number of likely N-dealkylation sites (tertiary alicyclic amines) is 1. The van der Waals surface area contributed by atoms with Gasteiger partial charge in [-0.3, -0.25) is 14.5 Å². The zero-order chi connectivity index (χ0) is 25.1. The van der Waals surface area contributed by atoms with Gasteiger partial charge in [0.15, 0.2) is 0 Å². The minimum Gasteiger partial charge on any atom is -0.346 e. The van der Waals surface area contributed by atoms with Gasteiger partial charge < -0.3 is 10.6 Å². The van der Waals surface area contributed by atoms with Crippen molar-refractivity contribution in [2.24, 2.45) is 0 Å². The Kier molecular flexibility index (Phi) is 7.45. The molecule has 1 aliphatic carbocycles. The third-order valence-corrected chi connectivity index (χ3v) is 8.33. The highest BCUT2D eigenvalue weighted by Gasteiger charge is 2.51. The second kappa shape index (κ2) is 10.4. The smallest absolute Gasteiger partial charge is 0.240 e. The largest absolute Gasteiger partial charge is 0.346 e. The van der Waals surface area contributed by atoms with Crippen molar-refractivity contribution in [3.63, 3.8) is 0 Å². The van der Waals surface area contributed by atoms with Gasteiger partial charge in [0.2, 0.25) is 21.8 Å². The van der Waals surface area contributed by atoms with Crippen molar-refractivity contribution in [2.75, 3.05) is 39.0 Å². The quantitative estimate of drug-likeness (QED) is 0.512. The molecule has 1 saturated carbocycles. The van der Waals surface area contributed by atoms with Crippen LogP contribution in [0.4, 0.5) is 0 Å². The summed E-state index contributed by atoms with van der Waals surface area (Å²) in [5, 5.41) is 7.44. The summed E-state index contributed by atoms with van der Waals surface area (Å²) in [6.45, 7) is 1.04. The number of nitrogens with one attached hydrogen (secondary N) is 2. The Balaban J connectivity index is 1.40. The first kappa shape index (κ1) is 25.2. The maximum Gasteiger partial charge on any atom is 0.240 e. The fraction of sp³-hybridized carbons (Fsp3) is 0.462. The normalized spacial score (nSPS) is 18.2. The molecule has 1 aliphatic heterocycles. The summed E-state index contributed by atoms with van der Waals surface area (Å²) in [6.07, 6.45) is 9.70. The van der Waals surface area contributed by atoms with Gasteiger partial charge in [-0.05, 0) is 42.0 Å². The first-order valence-electron chi connectivity index (χ1n) is 11.9. The van der Waals surface area contributed by atoms with E-state index in [1.807, 2.05) is 0 Å². The second-order valence-corrected chi connectivity index (χ2v) is 11.3. The summed E-state index contributed by atoms with van der Waals surface area (Å²) in [4.78, 5) is 26.6. The summed E-state index contributed by atoms with van der Waals surface area (Å²) < 4.78 is 26.3. The van der Waals surface area contributed by atoms with E-state index in [2.05, 4.69) is 63.9 Å². The molecule has 9 heteroatoms. The molecular formula is C26H32N4O4S. The van der Waals surface area contributed by atoms with Crippen molar-refractivity contribution in [1.29, 1.82) is 0 Å². The third-order valence-electron chi connectivity index (χ3n) is 7.05. The molecule has 2 aromatic rings. The van der Waals surface area contributed by atoms with E-state index in [1.54, 1.807) is 0 Å². The van der Waals surface area contributed by atoms with E-state index >= 15 is 0 Å². The number of fused-ring (bicyclic) bond motifs is 1. The van der Waals surface area contributed by atoms with Crippen LogP contribution in [0.15, 0.2) is 42.5 Å². The Hall–Kier alpha value is -2.93. The van der Waals surface area contributed by atoms with Gasteiger partial charge >= 0.3 is 0 Å². The van der Waals surface area contributed by atoms with Gasteiger partial charge in [-0.15, -0.1) is 6.42 Å². The van der Waals surface area contributed by atoms with Crippen LogP contribution in [0.3, 0.4) is 0 Å². The van der Waals surface area contributed by atoms with Crippen molar-refractivity contribution in [3.8, 4) is 12.3 Å². The number of piperidine rings is 1. The van der Waals surface area contributed by atoms with Crippen molar-refractivity contribution in [2.45, 2.75) is 37.3 Å². The standard InChI is InChI=1S/C26H32N4O4S/c1-3-15-27-24(31)18-28-25(32)19-30(35(2,33)34)21-11-16-29(17-12-21)26(13-14-26)23-10-6-8-20-7-4-5-9-22(20)23/h1,4-10,21H,11-19H2,2H3,(H,27,31)(H,28,32). The van der Waals surface area contributed by atoms with Crippen LogP contribution in [-0.4, -0.2) is 74.5 Å². The molecule has 4 rings (SSSR count). The van der Waals surface area contributed by atoms with Crippen LogP contribution in [0, 0.1) is 12.3 Å². The lowest BCUT2D eigenvalue weighted by atomic mass is 9.93. The lowest BCUT2D eigenvalue weighted by Crippen LogP contribution is -2.52. The number of rotatable bonds is 9. The number of terminal acetylenes is 1. The number of hydrogen-bond donors (Lipinski definition) is 2. The number of hydrogen-bond acceptors (Lipinski definition) is 5. The van der Waals surface area contributed by atoms with Crippen molar-refractivity contribution in [1.82, 2.24) is 19.8 Å². The first-order chi connectivity index (χ1) is 16.7. The number of sulfonamides is 1. The molecule has 0 unspecified atom stereocenters. The van der Waals surface area contributed by atoms with Crippen molar-refractivity contribution in [3.05, 3.63) is 48.0 Å². The molecule has 1 heterocycles. The predicted octanol–water partition coefficient (Wildman–Crippen LogP) is 1.42. The summed E-state index contributed by atoms with van der Waals surface area (Å²) >= 11 is 0. The van der Waals surface area contributed by atoms with E-state index in [-0.39, 0.29) is 31.2 Å². The number of amides is 2. The van der Waals surface area contributed by atoms with E-state index in [1.165, 1.54) is 20.6 Å². The van der Waals surface area contributed by atoms with E-state index in [4.69, 9.17) is 6.42 Å². The average molecular weight is 497 g/mol. The molecule has 2 aromatic carbocycles. The third kappa shape index (κ3) is 5.67. The zero-order valence-corrected chi connectivity index (χ0v) is 20.8. The van der Waals surface area contributed by atoms with Crippen LogP contribution in [0.2, 0.25) is 0 Å². The number of carbonyl (C=O) groups is 2. The van der Waals surface area contributed by atoms with Gasteiger partial charge in [0.05, 0.1) is 25.9 Å². The van der Waals surface area contributed by atoms with Gasteiger partial charge in [-0.25, -0.2) is 8.42 Å². The fourth-order valence-corrected chi connectivity index (χ4v) is 6.30. The zero-order valence-electron chi connectivity index (χ0n) is 20.0. The minimum atomic E-state index is -3.60. The Bertz CT molecular complexity index is 1240. The van der Waals surface area contributed by atoms with Gasteiger partial charge in [-0.2, -0.15) is 4.31 Å². The number of nitrogens with zero attached hydrogens (tertiary/aromatic N) is 2. The number of benzene rings is 2. The molecule has 0 atom stereocenters. The Morgan fingerprint density at radius 1 is 1.09 bits per heavy atom. The van der Waals surface area contributed by atoms with Gasteiger partial charge in [0, 0.05) is 24.7 Å². The second-order valence-electron chi connectivity index (χ2n) is 9.34. The highest BCUT2D eigenvalue weighted by atomic mass is 32.2. The molecule has 0 aromatic heterocycles. The van der Waals surface area contributed by atoms with Crippen molar-refractivity contribution < 1.29 is 18.0 Å². The Labute approximate surface area is 207 Å². The summed E-state index contributed by atoms with van der Waals surface area (Å²) in [6, 6.07) is 14.6. The average Bonchev–Trinajstić information content (AvgIpc) is 3.66. The Morgan fingerprint density at radius 3 is 2.43 bits per heavy atom. The highest BCUT2D eigenvalue weighted by molar-refractivity contribution is 7.88. The first-order valence-corrected chi connectivity index (χ1v) is 13.8. The SMILES string of the molecule is C#CCNC(=O)CNC(=O)CN(C1CCN(C2(c3cccc4ccccc34)CC2)CC1)S(C)(=O)=O. The topological polar surface area (TPSA) is 98.8 Å². The molecule has 0 radical (unpaired) electrons. The fourth-order valence-electron chi connectivity index (χ4n) is 5.19. The van der Waals surface area contributed by atoms with E-state index in [9.17, 15) is 18.0 Å². The van der Waals surface area contributed by atoms with Crippen LogP contribution >= 0.6 is 0 Å². The molecule has 2 N–H and O–H groups in total. The van der Waals surface area contributed by atoms with Crippen LogP contribution in [0.1, 0.15) is 31.2 Å². The molecule has 2 fully saturated rings. The maximum absolute atomic E-state index is 12.5. The van der Waals surface area contributed by atoms with Crippen LogP contribution in [0.5, 0.6) is 0 Å². The van der Waals surface area contributed by atoms with Gasteiger partial charge in [-0.1, -0.05) is 48.4 Å². The molecular weight excluding hydrogens is 464 g/mol. The Morgan fingerprint density at radius 2 is 1.77 bits per heavy atom. The van der Waals surface area contributed by atoms with Gasteiger partial charge in [0.25, 0.3) is 0 Å². The van der Waals surface area contributed by atoms with E-state index in [0.29, 0.717) is 12.8 Å². The summed E-state index contributed by atoms with van der Waals surface area (Å²) in [5.74, 6) is 1.35. The molecule has 8 nitrogen and oxygen atoms in total. The van der Waals surface area contributed by atoms with Crippen LogP contribution < -0.4 is 10.6 Å². The molecule has 0 bridgehead atoms. The molecule has 35 heavy (non-hydrogen) atoms. The van der Waals surface area contributed by atoms with E-state index in [0.717, 1.165) is 32.2 Å². The molecule has 186 valence electrons. The number of carbonyl (C=O) groups excluding carboxylic acids is 2. The minimum absolute atomic E-state index is 0.00484. The summed E-state index contributed by atoms with van der Waals surface area (Å²) in [5.41, 5.74) is 1.35. The maximum atomic E-state index is 12.5. The molecule has 2 amide bonds. The summed E-state index contributed by atoms with van der Waals surface area (Å²) in [7, 11) is -3.60. The molecule has 2 aliphatic rings. The predicted molar refractivity (Wildman–Crippen MR) is 136 cm³/mol. The monoisotopic (exact) mass is 496 g/mol. The molecule has 1 saturated heterocycles. The van der Waals surface area contributed by atoms with Crippen LogP contribution in [-0.2, 0) is 25.2 Å². The highest BCUT2D eigenvalue weighted by Crippen LogP contribution is 2.53. The lowest BCUT2D eigenvalue weighted by Gasteiger charge is -2.41.